The molecule has 6 heavy (non-hydrogen) atoms. The summed E-state index contributed by atoms with van der Waals surface area (Å²) in [6, 6.07) is 0. The molecule has 0 saturated carbocycles. The van der Waals surface area contributed by atoms with Gasteiger partial charge in [-0.05, 0) is 12.6 Å². The Kier molecular flexibility index (Phi) is 1.94. The van der Waals surface area contributed by atoms with Crippen molar-refractivity contribution in [1.82, 2.24) is 0 Å². The molecule has 4 heteroatoms. The molecule has 0 fully saturated rings. The number of hydrogen-bond acceptors (Lipinski definition) is 1. The summed E-state index contributed by atoms with van der Waals surface area (Å²) >= 11 is 3.51. The molecule has 0 aromatic heterocycles. The van der Waals surface area contributed by atoms with E-state index in [9.17, 15) is 13.6 Å². The van der Waals surface area contributed by atoms with Gasteiger partial charge >= 0.3 is 6.43 Å². The van der Waals surface area contributed by atoms with Crippen LogP contribution in [-0.2, 0) is 4.79 Å². The van der Waals surface area contributed by atoms with Crippen LogP contribution in [0, 0.1) is 0 Å². The normalized spacial score (nSPS) is 9.17. The van der Waals surface area contributed by atoms with Crippen LogP contribution in [0.3, 0.4) is 0 Å². The molecule has 0 spiro atoms. The van der Waals surface area contributed by atoms with E-state index in [1.807, 2.05) is 0 Å². The topological polar surface area (TPSA) is 17.1 Å². The Morgan fingerprint density at radius 1 is 1.67 bits per heavy atom. The molecule has 0 rings (SSSR count). The fourth-order valence-electron chi connectivity index (χ4n) is 0. The van der Waals surface area contributed by atoms with Gasteiger partial charge in [-0.25, -0.2) is 8.78 Å². The molecule has 1 radical (unpaired) electrons. The molecule has 0 atom stereocenters. The first-order chi connectivity index (χ1) is 2.64. The highest BCUT2D eigenvalue weighted by Crippen LogP contribution is 1.94. The first kappa shape index (κ1) is 5.75. The summed E-state index contributed by atoms with van der Waals surface area (Å²) in [4.78, 5) is 9.21. The van der Waals surface area contributed by atoms with Crippen molar-refractivity contribution in [3.63, 3.8) is 0 Å². The Hall–Kier alpha value is -0.250. The molecule has 0 amide bonds. The van der Waals surface area contributed by atoms with E-state index in [1.165, 1.54) is 0 Å². The largest absolute Gasteiger partial charge is 0.310 e. The van der Waals surface area contributed by atoms with Gasteiger partial charge in [-0.2, -0.15) is 0 Å². The van der Waals surface area contributed by atoms with Gasteiger partial charge < -0.3 is 0 Å². The summed E-state index contributed by atoms with van der Waals surface area (Å²) in [5.74, 6) is 0. The smallest absolute Gasteiger partial charge is 0.275 e. The second-order valence-corrected chi connectivity index (χ2v) is 1.02. The highest BCUT2D eigenvalue weighted by Gasteiger charge is 2.09. The van der Waals surface area contributed by atoms with E-state index in [4.69, 9.17) is 0 Å². The Morgan fingerprint density at radius 2 is 1.83 bits per heavy atom. The zero-order valence-electron chi connectivity index (χ0n) is 2.65. The first-order valence-corrected chi connectivity index (χ1v) is 1.54. The third-order valence-electron chi connectivity index (χ3n) is 0.178. The second kappa shape index (κ2) is 2.02. The lowest BCUT2D eigenvalue weighted by Crippen LogP contribution is -1.98. The quantitative estimate of drug-likeness (QED) is 0.492. The predicted octanol–water partition coefficient (Wildman–Crippen LogP) is 0.976. The van der Waals surface area contributed by atoms with Gasteiger partial charge in [0.2, 0.25) is 0 Å². The van der Waals surface area contributed by atoms with Gasteiger partial charge in [0.05, 0.1) is 0 Å². The number of rotatable bonds is 1. The Labute approximate surface area is 38.8 Å². The molecule has 0 heterocycles. The lowest BCUT2D eigenvalue weighted by molar-refractivity contribution is -0.120. The van der Waals surface area contributed by atoms with Crippen molar-refractivity contribution in [2.24, 2.45) is 0 Å². The molecule has 0 aliphatic rings. The van der Waals surface area contributed by atoms with Crippen molar-refractivity contribution in [2.75, 3.05) is 0 Å². The Bertz CT molecular complexity index is 62.6. The van der Waals surface area contributed by atoms with E-state index in [0.717, 1.165) is 0 Å². The van der Waals surface area contributed by atoms with E-state index in [2.05, 4.69) is 12.6 Å². The fraction of sp³-hybridized carbons (Fsp3) is 0.500. The van der Waals surface area contributed by atoms with Gasteiger partial charge in [0, 0.05) is 0 Å². The van der Waals surface area contributed by atoms with Crippen LogP contribution >= 0.6 is 12.6 Å². The van der Waals surface area contributed by atoms with Crippen molar-refractivity contribution >= 4 is 17.7 Å². The van der Waals surface area contributed by atoms with Gasteiger partial charge in [-0.1, -0.05) is 0 Å². The molecule has 0 aromatic carbocycles. The summed E-state index contributed by atoms with van der Waals surface area (Å²) in [6.45, 7) is 0. The zero-order valence-corrected chi connectivity index (χ0v) is 3.47. The second-order valence-electron chi connectivity index (χ2n) is 0.620. The van der Waals surface area contributed by atoms with Crippen LogP contribution in [0.25, 0.3) is 0 Å². The maximum atomic E-state index is 10.7. The summed E-state index contributed by atoms with van der Waals surface area (Å²) in [7, 11) is 0. The van der Waals surface area contributed by atoms with Crippen LogP contribution in [0.5, 0.6) is 0 Å². The van der Waals surface area contributed by atoms with E-state index < -0.39 is 11.5 Å². The SMILES string of the molecule is O=C([S])C(F)F. The van der Waals surface area contributed by atoms with Gasteiger partial charge in [-0.3, -0.25) is 4.79 Å². The summed E-state index contributed by atoms with van der Waals surface area (Å²) < 4.78 is 21.4. The monoisotopic (exact) mass is 111 g/mol. The third-order valence-corrected chi connectivity index (χ3v) is 0.356. The van der Waals surface area contributed by atoms with Crippen LogP contribution in [0.4, 0.5) is 8.78 Å². The summed E-state index contributed by atoms with van der Waals surface area (Å²) in [5.41, 5.74) is 0. The van der Waals surface area contributed by atoms with E-state index in [-0.39, 0.29) is 0 Å². The average molecular weight is 111 g/mol. The van der Waals surface area contributed by atoms with Crippen molar-refractivity contribution in [3.05, 3.63) is 0 Å². The minimum atomic E-state index is -2.97. The van der Waals surface area contributed by atoms with Crippen LogP contribution in [0.15, 0.2) is 0 Å². The summed E-state index contributed by atoms with van der Waals surface area (Å²) in [5, 5.41) is -1.49. The average Bonchev–Trinajstić information content (AvgIpc) is 1.36. The lowest BCUT2D eigenvalue weighted by atomic mass is 10.8. The molecule has 0 saturated heterocycles. The molecule has 0 N–H and O–H groups in total. The zero-order chi connectivity index (χ0) is 5.15. The number of halogens is 2. The molecule has 0 aliphatic carbocycles. The third kappa shape index (κ3) is 2.02. The number of carbonyl (C=O) groups is 1. The van der Waals surface area contributed by atoms with Crippen LogP contribution in [-0.4, -0.2) is 11.5 Å². The van der Waals surface area contributed by atoms with Gasteiger partial charge in [-0.15, -0.1) is 0 Å². The summed E-state index contributed by atoms with van der Waals surface area (Å²) in [6.07, 6.45) is -2.97. The molecule has 1 nitrogen and oxygen atoms in total. The van der Waals surface area contributed by atoms with E-state index in [0.29, 0.717) is 0 Å². The molecular formula is C2HF2OS. The first-order valence-electron chi connectivity index (χ1n) is 1.13. The molecule has 0 aromatic rings. The Balaban J connectivity index is 3.26. The number of carbonyl (C=O) groups excluding carboxylic acids is 1. The number of hydrogen-bond donors (Lipinski definition) is 0. The molecule has 0 unspecified atom stereocenters. The minimum Gasteiger partial charge on any atom is -0.275 e. The lowest BCUT2D eigenvalue weighted by Gasteiger charge is -1.79. The highest BCUT2D eigenvalue weighted by atomic mass is 32.1. The molecule has 0 bridgehead atoms. The predicted molar refractivity (Wildman–Crippen MR) is 18.6 cm³/mol. The van der Waals surface area contributed by atoms with Crippen molar-refractivity contribution in [2.45, 2.75) is 6.43 Å². The van der Waals surface area contributed by atoms with Crippen LogP contribution < -0.4 is 0 Å². The minimum absolute atomic E-state index is 1.49. The maximum Gasteiger partial charge on any atom is 0.310 e. The van der Waals surface area contributed by atoms with Crippen molar-refractivity contribution in [3.8, 4) is 0 Å². The molecule has 0 aliphatic heterocycles. The highest BCUT2D eigenvalue weighted by molar-refractivity contribution is 7.96. The van der Waals surface area contributed by atoms with E-state index >= 15 is 0 Å². The van der Waals surface area contributed by atoms with Crippen LogP contribution in [0.2, 0.25) is 0 Å². The van der Waals surface area contributed by atoms with Gasteiger partial charge in [0.15, 0.2) is 0 Å². The van der Waals surface area contributed by atoms with E-state index in [1.54, 1.807) is 0 Å². The van der Waals surface area contributed by atoms with Crippen LogP contribution in [0.1, 0.15) is 0 Å². The van der Waals surface area contributed by atoms with Crippen molar-refractivity contribution in [1.29, 1.82) is 0 Å². The maximum absolute atomic E-state index is 10.7. The Morgan fingerprint density at radius 3 is 1.83 bits per heavy atom. The number of alkyl halides is 2. The van der Waals surface area contributed by atoms with Gasteiger partial charge in [0.1, 0.15) is 0 Å². The fourth-order valence-corrected chi connectivity index (χ4v) is 0. The van der Waals surface area contributed by atoms with Gasteiger partial charge in [0.25, 0.3) is 5.12 Å². The standard InChI is InChI=1S/C2HF2OS/c3-1(4)2(5)6/h1H. The van der Waals surface area contributed by atoms with Crippen molar-refractivity contribution < 1.29 is 13.6 Å². The molecular weight excluding hydrogens is 110 g/mol. The molecule has 35 valence electrons.